The fourth-order valence-electron chi connectivity index (χ4n) is 1.72. The second-order valence-electron chi connectivity index (χ2n) is 3.72. The van der Waals surface area contributed by atoms with E-state index in [0.717, 1.165) is 44.1 Å². The minimum Gasteiger partial charge on any atom is -0.380 e. The molecule has 0 bridgehead atoms. The highest BCUT2D eigenvalue weighted by atomic mass is 35.5. The summed E-state index contributed by atoms with van der Waals surface area (Å²) in [4.78, 5) is 6.54. The van der Waals surface area contributed by atoms with Gasteiger partial charge in [-0.05, 0) is 18.1 Å². The van der Waals surface area contributed by atoms with Crippen molar-refractivity contribution < 1.29 is 4.74 Å². The normalized spacial score (nSPS) is 17.2. The van der Waals surface area contributed by atoms with Crippen molar-refractivity contribution in [2.45, 2.75) is 12.3 Å². The van der Waals surface area contributed by atoms with E-state index in [1.165, 1.54) is 0 Å². The molecule has 0 radical (unpaired) electrons. The number of alkyl halides is 1. The molecule has 0 aliphatic carbocycles. The average molecular weight is 261 g/mol. The molecule has 1 fully saturated rings. The summed E-state index contributed by atoms with van der Waals surface area (Å²) >= 11 is 11.8. The molecule has 1 saturated heterocycles. The molecule has 0 amide bonds. The highest BCUT2D eigenvalue weighted by Gasteiger charge is 2.12. The number of pyridine rings is 1. The van der Waals surface area contributed by atoms with E-state index >= 15 is 0 Å². The van der Waals surface area contributed by atoms with Crippen molar-refractivity contribution in [2.75, 3.05) is 31.2 Å². The second-order valence-corrected chi connectivity index (χ2v) is 4.39. The Morgan fingerprint density at radius 1 is 1.38 bits per heavy atom. The summed E-state index contributed by atoms with van der Waals surface area (Å²) in [5, 5.41) is 0.629. The Balaban J connectivity index is 2.18. The van der Waals surface area contributed by atoms with E-state index in [2.05, 4.69) is 9.88 Å². The largest absolute Gasteiger partial charge is 0.380 e. The first-order chi connectivity index (χ1) is 7.81. The Morgan fingerprint density at radius 2 is 2.25 bits per heavy atom. The van der Waals surface area contributed by atoms with Crippen LogP contribution in [0, 0.1) is 0 Å². The van der Waals surface area contributed by atoms with Crippen LogP contribution in [0.1, 0.15) is 12.0 Å². The Morgan fingerprint density at radius 3 is 3.06 bits per heavy atom. The SMILES string of the molecule is ClCc1cc(N2CCCOCC2)ncc1Cl. The van der Waals surface area contributed by atoms with Gasteiger partial charge in [-0.1, -0.05) is 11.6 Å². The Hall–Kier alpha value is -0.510. The molecule has 3 nitrogen and oxygen atoms in total. The number of hydrogen-bond acceptors (Lipinski definition) is 3. The van der Waals surface area contributed by atoms with Crippen LogP contribution in [0.3, 0.4) is 0 Å². The van der Waals surface area contributed by atoms with Crippen LogP contribution in [0.4, 0.5) is 5.82 Å². The molecule has 0 atom stereocenters. The van der Waals surface area contributed by atoms with Gasteiger partial charge in [0.1, 0.15) is 5.82 Å². The van der Waals surface area contributed by atoms with Crippen molar-refractivity contribution in [1.82, 2.24) is 4.98 Å². The van der Waals surface area contributed by atoms with E-state index in [0.29, 0.717) is 10.9 Å². The van der Waals surface area contributed by atoms with Crippen LogP contribution >= 0.6 is 23.2 Å². The van der Waals surface area contributed by atoms with Crippen LogP contribution in [-0.4, -0.2) is 31.3 Å². The lowest BCUT2D eigenvalue weighted by molar-refractivity contribution is 0.152. The maximum Gasteiger partial charge on any atom is 0.128 e. The van der Waals surface area contributed by atoms with Crippen LogP contribution in [0.25, 0.3) is 0 Å². The highest BCUT2D eigenvalue weighted by Crippen LogP contribution is 2.22. The Kier molecular flexibility index (Phi) is 4.27. The summed E-state index contributed by atoms with van der Waals surface area (Å²) in [6.07, 6.45) is 2.70. The number of rotatable bonds is 2. The monoisotopic (exact) mass is 260 g/mol. The lowest BCUT2D eigenvalue weighted by atomic mass is 10.2. The fraction of sp³-hybridized carbons (Fsp3) is 0.545. The van der Waals surface area contributed by atoms with Crippen molar-refractivity contribution >= 4 is 29.0 Å². The smallest absolute Gasteiger partial charge is 0.128 e. The minimum absolute atomic E-state index is 0.415. The average Bonchev–Trinajstić information content (AvgIpc) is 2.58. The highest BCUT2D eigenvalue weighted by molar-refractivity contribution is 6.32. The second kappa shape index (κ2) is 5.71. The maximum absolute atomic E-state index is 5.98. The number of aromatic nitrogens is 1. The number of halogens is 2. The van der Waals surface area contributed by atoms with E-state index in [1.54, 1.807) is 6.20 Å². The Labute approximate surface area is 105 Å². The van der Waals surface area contributed by atoms with E-state index in [-0.39, 0.29) is 0 Å². The van der Waals surface area contributed by atoms with Gasteiger partial charge in [-0.2, -0.15) is 0 Å². The van der Waals surface area contributed by atoms with Crippen LogP contribution < -0.4 is 4.90 Å². The molecule has 88 valence electrons. The van der Waals surface area contributed by atoms with E-state index < -0.39 is 0 Å². The third-order valence-electron chi connectivity index (χ3n) is 2.61. The molecule has 2 heterocycles. The van der Waals surface area contributed by atoms with Crippen LogP contribution in [0.5, 0.6) is 0 Å². The van der Waals surface area contributed by atoms with Crippen molar-refractivity contribution in [2.24, 2.45) is 0 Å². The summed E-state index contributed by atoms with van der Waals surface area (Å²) < 4.78 is 5.40. The lowest BCUT2D eigenvalue weighted by Crippen LogP contribution is -2.26. The van der Waals surface area contributed by atoms with E-state index in [1.807, 2.05) is 6.07 Å². The number of hydrogen-bond donors (Lipinski definition) is 0. The number of anilines is 1. The fourth-order valence-corrected chi connectivity index (χ4v) is 2.18. The van der Waals surface area contributed by atoms with Crippen LogP contribution in [0.15, 0.2) is 12.3 Å². The molecule has 1 aromatic heterocycles. The van der Waals surface area contributed by atoms with Gasteiger partial charge >= 0.3 is 0 Å². The molecule has 0 saturated carbocycles. The number of ether oxygens (including phenoxy) is 1. The molecule has 0 aromatic carbocycles. The van der Waals surface area contributed by atoms with Crippen molar-refractivity contribution in [3.8, 4) is 0 Å². The first-order valence-corrected chi connectivity index (χ1v) is 6.25. The molecule has 1 aliphatic heterocycles. The molecule has 0 unspecified atom stereocenters. The molecular formula is C11H14Cl2N2O. The third-order valence-corrected chi connectivity index (χ3v) is 3.24. The third kappa shape index (κ3) is 2.78. The predicted octanol–water partition coefficient (Wildman–Crippen LogP) is 2.70. The molecular weight excluding hydrogens is 247 g/mol. The lowest BCUT2D eigenvalue weighted by Gasteiger charge is -2.21. The Bertz CT molecular complexity index is 352. The summed E-state index contributed by atoms with van der Waals surface area (Å²) in [5.41, 5.74) is 0.929. The first-order valence-electron chi connectivity index (χ1n) is 5.34. The van der Waals surface area contributed by atoms with Crippen molar-refractivity contribution in [1.29, 1.82) is 0 Å². The molecule has 1 aliphatic rings. The van der Waals surface area contributed by atoms with Crippen molar-refractivity contribution in [3.63, 3.8) is 0 Å². The maximum atomic E-state index is 5.98. The summed E-state index contributed by atoms with van der Waals surface area (Å²) in [6, 6.07) is 1.96. The van der Waals surface area contributed by atoms with Gasteiger partial charge in [-0.15, -0.1) is 11.6 Å². The van der Waals surface area contributed by atoms with E-state index in [4.69, 9.17) is 27.9 Å². The number of nitrogens with zero attached hydrogens (tertiary/aromatic N) is 2. The minimum atomic E-state index is 0.415. The van der Waals surface area contributed by atoms with Gasteiger partial charge in [0.05, 0.1) is 11.6 Å². The molecule has 0 N–H and O–H groups in total. The quantitative estimate of drug-likeness (QED) is 0.765. The van der Waals surface area contributed by atoms with Gasteiger partial charge in [0.15, 0.2) is 0 Å². The summed E-state index contributed by atoms with van der Waals surface area (Å²) in [6.45, 7) is 3.42. The molecule has 2 rings (SSSR count). The molecule has 16 heavy (non-hydrogen) atoms. The van der Waals surface area contributed by atoms with Crippen LogP contribution in [0.2, 0.25) is 5.02 Å². The zero-order chi connectivity index (χ0) is 11.4. The topological polar surface area (TPSA) is 25.4 Å². The zero-order valence-electron chi connectivity index (χ0n) is 8.96. The van der Waals surface area contributed by atoms with Gasteiger partial charge < -0.3 is 9.64 Å². The van der Waals surface area contributed by atoms with Gasteiger partial charge in [0.25, 0.3) is 0 Å². The molecule has 0 spiro atoms. The van der Waals surface area contributed by atoms with Crippen LogP contribution in [-0.2, 0) is 10.6 Å². The standard InChI is InChI=1S/C11H14Cl2N2O/c12-7-9-6-11(14-8-10(9)13)15-2-1-4-16-5-3-15/h6,8H,1-5,7H2. The first kappa shape index (κ1) is 12.0. The zero-order valence-corrected chi connectivity index (χ0v) is 10.5. The predicted molar refractivity (Wildman–Crippen MR) is 66.5 cm³/mol. The molecule has 1 aromatic rings. The summed E-state index contributed by atoms with van der Waals surface area (Å²) in [7, 11) is 0. The van der Waals surface area contributed by atoms with Gasteiger partial charge in [-0.25, -0.2) is 4.98 Å². The van der Waals surface area contributed by atoms with Gasteiger partial charge in [-0.3, -0.25) is 0 Å². The summed E-state index contributed by atoms with van der Waals surface area (Å²) in [5.74, 6) is 1.35. The van der Waals surface area contributed by atoms with Gasteiger partial charge in [0, 0.05) is 31.8 Å². The van der Waals surface area contributed by atoms with Gasteiger partial charge in [0.2, 0.25) is 0 Å². The van der Waals surface area contributed by atoms with E-state index in [9.17, 15) is 0 Å². The van der Waals surface area contributed by atoms with Crippen molar-refractivity contribution in [3.05, 3.63) is 22.8 Å². The molecule has 5 heteroatoms.